The number of halogens is 1. The Morgan fingerprint density at radius 3 is 2.79 bits per heavy atom. The van der Waals surface area contributed by atoms with E-state index in [0.29, 0.717) is 12.5 Å². The summed E-state index contributed by atoms with van der Waals surface area (Å²) < 4.78 is 18.9. The van der Waals surface area contributed by atoms with Crippen molar-refractivity contribution in [1.82, 2.24) is 5.32 Å². The fourth-order valence-electron chi connectivity index (χ4n) is 2.65. The monoisotopic (exact) mass is 264 g/mol. The molecule has 1 saturated heterocycles. The van der Waals surface area contributed by atoms with Crippen LogP contribution in [0.1, 0.15) is 29.6 Å². The van der Waals surface area contributed by atoms with Gasteiger partial charge in [-0.3, -0.25) is 4.79 Å². The van der Waals surface area contributed by atoms with Crippen LogP contribution >= 0.6 is 0 Å². The molecule has 19 heavy (non-hydrogen) atoms. The normalized spacial score (nSPS) is 26.4. The quantitative estimate of drug-likeness (QED) is 0.817. The molecule has 0 bridgehead atoms. The van der Waals surface area contributed by atoms with Crippen molar-refractivity contribution in [3.8, 4) is 0 Å². The van der Waals surface area contributed by atoms with Gasteiger partial charge < -0.3 is 15.8 Å². The van der Waals surface area contributed by atoms with Crippen LogP contribution in [0, 0.1) is 11.7 Å². The Hall–Kier alpha value is -1.62. The number of nitrogens with two attached hydrogens (primary N) is 1. The van der Waals surface area contributed by atoms with Gasteiger partial charge in [0.15, 0.2) is 0 Å². The molecule has 0 radical (unpaired) electrons. The number of hydrogen-bond donors (Lipinski definition) is 2. The van der Waals surface area contributed by atoms with Gasteiger partial charge in [-0.1, -0.05) is 0 Å². The largest absolute Gasteiger partial charge is 0.399 e. The van der Waals surface area contributed by atoms with E-state index in [2.05, 4.69) is 5.32 Å². The Morgan fingerprint density at radius 1 is 1.32 bits per heavy atom. The van der Waals surface area contributed by atoms with Gasteiger partial charge in [0.05, 0.1) is 12.1 Å². The first-order valence-electron chi connectivity index (χ1n) is 6.62. The number of rotatable bonds is 3. The third kappa shape index (κ3) is 2.71. The van der Waals surface area contributed by atoms with Crippen molar-refractivity contribution in [3.63, 3.8) is 0 Å². The Kier molecular flexibility index (Phi) is 3.14. The van der Waals surface area contributed by atoms with Gasteiger partial charge in [-0.05, 0) is 43.4 Å². The number of benzene rings is 1. The number of ether oxygens (including phenoxy) is 1. The first-order valence-corrected chi connectivity index (χ1v) is 6.62. The third-order valence-corrected chi connectivity index (χ3v) is 3.72. The molecule has 2 fully saturated rings. The fraction of sp³-hybridized carbons (Fsp3) is 0.500. The maximum absolute atomic E-state index is 13.2. The number of carbonyl (C=O) groups excluding carboxylic acids is 1. The number of carbonyl (C=O) groups is 1. The molecule has 1 amide bonds. The van der Waals surface area contributed by atoms with Crippen molar-refractivity contribution >= 4 is 11.6 Å². The molecule has 3 N–H and O–H groups in total. The molecule has 5 heteroatoms. The molecule has 2 atom stereocenters. The number of nitrogen functional groups attached to an aromatic ring is 1. The van der Waals surface area contributed by atoms with E-state index in [9.17, 15) is 9.18 Å². The van der Waals surface area contributed by atoms with Crippen LogP contribution < -0.4 is 11.1 Å². The molecule has 1 aliphatic heterocycles. The van der Waals surface area contributed by atoms with E-state index in [1.54, 1.807) is 0 Å². The summed E-state index contributed by atoms with van der Waals surface area (Å²) in [6.07, 6.45) is 3.28. The summed E-state index contributed by atoms with van der Waals surface area (Å²) in [5.74, 6) is -0.204. The number of hydrogen-bond acceptors (Lipinski definition) is 3. The zero-order chi connectivity index (χ0) is 13.4. The van der Waals surface area contributed by atoms with E-state index in [0.717, 1.165) is 6.42 Å². The van der Waals surface area contributed by atoms with Gasteiger partial charge in [0, 0.05) is 17.9 Å². The van der Waals surface area contributed by atoms with E-state index < -0.39 is 5.82 Å². The van der Waals surface area contributed by atoms with E-state index in [-0.39, 0.29) is 29.3 Å². The van der Waals surface area contributed by atoms with E-state index in [1.807, 2.05) is 0 Å². The van der Waals surface area contributed by atoms with Gasteiger partial charge in [0.2, 0.25) is 0 Å². The summed E-state index contributed by atoms with van der Waals surface area (Å²) in [7, 11) is 0. The highest BCUT2D eigenvalue weighted by Crippen LogP contribution is 2.38. The van der Waals surface area contributed by atoms with Gasteiger partial charge in [0.1, 0.15) is 5.82 Å². The van der Waals surface area contributed by atoms with Gasteiger partial charge >= 0.3 is 0 Å². The second-order valence-electron chi connectivity index (χ2n) is 5.31. The Labute approximate surface area is 111 Å². The Bertz CT molecular complexity index is 482. The molecule has 2 unspecified atom stereocenters. The van der Waals surface area contributed by atoms with E-state index >= 15 is 0 Å². The average molecular weight is 264 g/mol. The number of nitrogens with one attached hydrogen (secondary N) is 1. The SMILES string of the molecule is Nc1cc(F)cc(C(=O)NC2CCOC2C2CC2)c1. The summed E-state index contributed by atoms with van der Waals surface area (Å²) in [6.45, 7) is 0.678. The van der Waals surface area contributed by atoms with Gasteiger partial charge in [-0.15, -0.1) is 0 Å². The minimum absolute atomic E-state index is 0.0319. The Balaban J connectivity index is 1.70. The lowest BCUT2D eigenvalue weighted by atomic mass is 10.1. The minimum atomic E-state index is -0.494. The molecule has 1 aromatic rings. The topological polar surface area (TPSA) is 64.4 Å². The summed E-state index contributed by atoms with van der Waals surface area (Å²) in [5.41, 5.74) is 6.07. The second kappa shape index (κ2) is 4.81. The van der Waals surface area contributed by atoms with Crippen LogP contribution in [-0.4, -0.2) is 24.7 Å². The van der Waals surface area contributed by atoms with Gasteiger partial charge in [-0.25, -0.2) is 4.39 Å². The van der Waals surface area contributed by atoms with Crippen LogP contribution in [0.25, 0.3) is 0 Å². The summed E-state index contributed by atoms with van der Waals surface area (Å²) in [5, 5.41) is 2.93. The average Bonchev–Trinajstić information content (AvgIpc) is 3.09. The lowest BCUT2D eigenvalue weighted by molar-refractivity contribution is 0.0729. The lowest BCUT2D eigenvalue weighted by Crippen LogP contribution is -2.41. The highest BCUT2D eigenvalue weighted by Gasteiger charge is 2.41. The van der Waals surface area contributed by atoms with Gasteiger partial charge in [0.25, 0.3) is 5.91 Å². The summed E-state index contributed by atoms with van der Waals surface area (Å²) in [4.78, 5) is 12.1. The predicted molar refractivity (Wildman–Crippen MR) is 69.1 cm³/mol. The first kappa shape index (κ1) is 12.4. The molecule has 1 heterocycles. The van der Waals surface area contributed by atoms with E-state index in [1.165, 1.54) is 31.0 Å². The second-order valence-corrected chi connectivity index (χ2v) is 5.31. The molecule has 3 rings (SSSR count). The van der Waals surface area contributed by atoms with Crippen molar-refractivity contribution in [2.45, 2.75) is 31.4 Å². The lowest BCUT2D eigenvalue weighted by Gasteiger charge is -2.19. The summed E-state index contributed by atoms with van der Waals surface area (Å²) >= 11 is 0. The molecule has 1 saturated carbocycles. The molecule has 1 aliphatic carbocycles. The predicted octanol–water partition coefficient (Wildman–Crippen LogP) is 1.71. The molecule has 2 aliphatic rings. The van der Waals surface area contributed by atoms with Gasteiger partial charge in [-0.2, -0.15) is 0 Å². The molecule has 1 aromatic carbocycles. The fourth-order valence-corrected chi connectivity index (χ4v) is 2.65. The van der Waals surface area contributed by atoms with Crippen LogP contribution in [0.2, 0.25) is 0 Å². The van der Waals surface area contributed by atoms with Crippen LogP contribution in [-0.2, 0) is 4.74 Å². The van der Waals surface area contributed by atoms with Crippen molar-refractivity contribution in [2.24, 2.45) is 5.92 Å². The number of amides is 1. The van der Waals surface area contributed by atoms with Crippen LogP contribution in [0.5, 0.6) is 0 Å². The molecule has 102 valence electrons. The summed E-state index contributed by atoms with van der Waals surface area (Å²) in [6, 6.07) is 3.92. The zero-order valence-corrected chi connectivity index (χ0v) is 10.6. The van der Waals surface area contributed by atoms with Crippen molar-refractivity contribution in [1.29, 1.82) is 0 Å². The minimum Gasteiger partial charge on any atom is -0.399 e. The smallest absolute Gasteiger partial charge is 0.251 e. The van der Waals surface area contributed by atoms with Crippen molar-refractivity contribution < 1.29 is 13.9 Å². The van der Waals surface area contributed by atoms with Crippen LogP contribution in [0.3, 0.4) is 0 Å². The molecule has 0 spiro atoms. The highest BCUT2D eigenvalue weighted by atomic mass is 19.1. The molecule has 4 nitrogen and oxygen atoms in total. The maximum Gasteiger partial charge on any atom is 0.251 e. The standard InChI is InChI=1S/C14H17FN2O2/c15-10-5-9(6-11(16)7-10)14(18)17-12-3-4-19-13(12)8-1-2-8/h5-8,12-13H,1-4,16H2,(H,17,18). The number of anilines is 1. The van der Waals surface area contributed by atoms with E-state index in [4.69, 9.17) is 10.5 Å². The highest BCUT2D eigenvalue weighted by molar-refractivity contribution is 5.95. The third-order valence-electron chi connectivity index (χ3n) is 3.72. The molecule has 0 aromatic heterocycles. The van der Waals surface area contributed by atoms with Crippen LogP contribution in [0.15, 0.2) is 18.2 Å². The molecular formula is C14H17FN2O2. The first-order chi connectivity index (χ1) is 9.13. The zero-order valence-electron chi connectivity index (χ0n) is 10.6. The molecular weight excluding hydrogens is 247 g/mol. The van der Waals surface area contributed by atoms with Crippen molar-refractivity contribution in [2.75, 3.05) is 12.3 Å². The van der Waals surface area contributed by atoms with Crippen molar-refractivity contribution in [3.05, 3.63) is 29.6 Å². The Morgan fingerprint density at radius 2 is 2.11 bits per heavy atom. The maximum atomic E-state index is 13.2. The van der Waals surface area contributed by atoms with Crippen LogP contribution in [0.4, 0.5) is 10.1 Å².